The van der Waals surface area contributed by atoms with Crippen molar-refractivity contribution in [1.82, 2.24) is 0 Å². The lowest BCUT2D eigenvalue weighted by molar-refractivity contribution is 0.152. The molecule has 0 unspecified atom stereocenters. The van der Waals surface area contributed by atoms with Crippen molar-refractivity contribution in [1.29, 1.82) is 0 Å². The summed E-state index contributed by atoms with van der Waals surface area (Å²) in [5.41, 5.74) is 0. The van der Waals surface area contributed by atoms with E-state index in [1.54, 1.807) is 0 Å². The molecule has 0 spiro atoms. The molecule has 0 radical (unpaired) electrons. The number of hydrogen-bond acceptors (Lipinski definition) is 0. The van der Waals surface area contributed by atoms with Gasteiger partial charge in [-0.25, -0.2) is 0 Å². The van der Waals surface area contributed by atoms with Crippen molar-refractivity contribution >= 4 is 0 Å². The lowest BCUT2D eigenvalue weighted by Gasteiger charge is -2.37. The molecule has 0 bridgehead atoms. The first-order valence-electron chi connectivity index (χ1n) is 15.9. The molecule has 0 N–H and O–H groups in total. The lowest BCUT2D eigenvalue weighted by atomic mass is 9.69. The third-order valence-corrected chi connectivity index (χ3v) is 10.8. The summed E-state index contributed by atoms with van der Waals surface area (Å²) in [4.78, 5) is 0. The third-order valence-electron chi connectivity index (χ3n) is 10.8. The summed E-state index contributed by atoms with van der Waals surface area (Å²) in [6.45, 7) is 12.6. The fraction of sp³-hybridized carbons (Fsp3) is 0.882. The molecule has 0 aromatic rings. The monoisotopic (exact) mass is 468 g/mol. The highest BCUT2D eigenvalue weighted by Crippen LogP contribution is 2.43. The first-order valence-corrected chi connectivity index (χ1v) is 15.9. The summed E-state index contributed by atoms with van der Waals surface area (Å²) in [5, 5.41) is 0. The van der Waals surface area contributed by atoms with Crippen molar-refractivity contribution in [2.24, 2.45) is 47.3 Å². The molecular formula is C34H60. The molecule has 0 atom stereocenters. The van der Waals surface area contributed by atoms with Crippen LogP contribution >= 0.6 is 0 Å². The number of allylic oxidation sites excluding steroid dienone is 2. The fourth-order valence-electron chi connectivity index (χ4n) is 8.42. The second kappa shape index (κ2) is 15.6. The minimum atomic E-state index is 0.836. The Hall–Kier alpha value is -0.520. The molecule has 0 aliphatic heterocycles. The van der Waals surface area contributed by atoms with Crippen LogP contribution in [0.3, 0.4) is 0 Å². The summed E-state index contributed by atoms with van der Waals surface area (Å²) < 4.78 is 0. The van der Waals surface area contributed by atoms with Crippen LogP contribution in [-0.2, 0) is 0 Å². The quantitative estimate of drug-likeness (QED) is 0.311. The van der Waals surface area contributed by atoms with E-state index in [-0.39, 0.29) is 0 Å². The minimum absolute atomic E-state index is 0.836. The van der Waals surface area contributed by atoms with E-state index in [0.717, 1.165) is 47.3 Å². The van der Waals surface area contributed by atoms with Crippen molar-refractivity contribution in [3.05, 3.63) is 25.3 Å². The molecule has 4 rings (SSSR count). The molecule has 4 fully saturated rings. The molecule has 0 aromatic carbocycles. The van der Waals surface area contributed by atoms with Gasteiger partial charge in [0.05, 0.1) is 0 Å². The van der Waals surface area contributed by atoms with E-state index in [1.165, 1.54) is 128 Å². The van der Waals surface area contributed by atoms with Crippen LogP contribution in [0.1, 0.15) is 142 Å². The van der Waals surface area contributed by atoms with Crippen molar-refractivity contribution in [2.75, 3.05) is 0 Å². The molecule has 34 heavy (non-hydrogen) atoms. The lowest BCUT2D eigenvalue weighted by Crippen LogP contribution is -2.25. The summed E-state index contributed by atoms with van der Waals surface area (Å²) in [6, 6.07) is 0. The molecule has 0 heteroatoms. The van der Waals surface area contributed by atoms with Gasteiger partial charge in [0.15, 0.2) is 0 Å². The van der Waals surface area contributed by atoms with E-state index in [4.69, 9.17) is 0 Å². The zero-order chi connectivity index (χ0) is 24.2. The Morgan fingerprint density at radius 2 is 0.706 bits per heavy atom. The molecule has 0 heterocycles. The van der Waals surface area contributed by atoms with Gasteiger partial charge in [-0.3, -0.25) is 0 Å². The van der Waals surface area contributed by atoms with Crippen LogP contribution in [0.5, 0.6) is 0 Å². The highest BCUT2D eigenvalue weighted by molar-refractivity contribution is 4.88. The maximum Gasteiger partial charge on any atom is -0.0236 e. The van der Waals surface area contributed by atoms with E-state index in [9.17, 15) is 0 Å². The Kier molecular flexibility index (Phi) is 12.8. The Labute approximate surface area is 214 Å². The highest BCUT2D eigenvalue weighted by Gasteiger charge is 2.31. The zero-order valence-electron chi connectivity index (χ0n) is 23.3. The largest absolute Gasteiger partial charge is 0.103 e. The van der Waals surface area contributed by atoms with Gasteiger partial charge in [-0.15, -0.1) is 13.2 Å². The topological polar surface area (TPSA) is 0 Å². The summed E-state index contributed by atoms with van der Waals surface area (Å²) in [6.07, 6.45) is 34.0. The summed E-state index contributed by atoms with van der Waals surface area (Å²) in [7, 11) is 0. The van der Waals surface area contributed by atoms with Crippen molar-refractivity contribution in [2.45, 2.75) is 142 Å². The van der Waals surface area contributed by atoms with Crippen LogP contribution in [0.2, 0.25) is 0 Å². The van der Waals surface area contributed by atoms with Crippen LogP contribution in [0.15, 0.2) is 25.3 Å². The number of hydrogen-bond donors (Lipinski definition) is 0. The normalized spacial score (nSPS) is 38.9. The summed E-state index contributed by atoms with van der Waals surface area (Å²) >= 11 is 0. The molecular weight excluding hydrogens is 408 g/mol. The standard InChI is InChI=1S/2C17H30/c2*1-3-5-15-8-12-17(13-9-15)16-10-6-14(4-2)7-11-16/h2*4,14-17H,2-3,5-13H2,1H3. The van der Waals surface area contributed by atoms with Crippen LogP contribution in [0.25, 0.3) is 0 Å². The maximum absolute atomic E-state index is 3.95. The van der Waals surface area contributed by atoms with Crippen LogP contribution in [-0.4, -0.2) is 0 Å². The van der Waals surface area contributed by atoms with E-state index < -0.39 is 0 Å². The minimum Gasteiger partial charge on any atom is -0.103 e. The Bertz CT molecular complexity index is 478. The second-order valence-electron chi connectivity index (χ2n) is 13.0. The molecule has 4 aliphatic carbocycles. The van der Waals surface area contributed by atoms with Gasteiger partial charge in [-0.05, 0) is 124 Å². The Morgan fingerprint density at radius 3 is 0.941 bits per heavy atom. The fourth-order valence-corrected chi connectivity index (χ4v) is 8.42. The van der Waals surface area contributed by atoms with Crippen LogP contribution in [0, 0.1) is 47.3 Å². The van der Waals surface area contributed by atoms with Crippen molar-refractivity contribution < 1.29 is 0 Å². The van der Waals surface area contributed by atoms with Gasteiger partial charge in [0.2, 0.25) is 0 Å². The highest BCUT2D eigenvalue weighted by atomic mass is 14.4. The summed E-state index contributed by atoms with van der Waals surface area (Å²) in [5.74, 6) is 8.09. The van der Waals surface area contributed by atoms with Gasteiger partial charge in [0, 0.05) is 0 Å². The van der Waals surface area contributed by atoms with E-state index in [1.807, 2.05) is 0 Å². The van der Waals surface area contributed by atoms with Crippen molar-refractivity contribution in [3.8, 4) is 0 Å². The smallest absolute Gasteiger partial charge is 0.0236 e. The average molecular weight is 469 g/mol. The molecule has 0 aromatic heterocycles. The Morgan fingerprint density at radius 1 is 0.441 bits per heavy atom. The SMILES string of the molecule is C=CC1CCC(C2CCC(CCC)CC2)CC1.C=CC1CCC(C2CCC(CCC)CC2)CC1. The van der Waals surface area contributed by atoms with Gasteiger partial charge >= 0.3 is 0 Å². The molecule has 0 saturated heterocycles. The van der Waals surface area contributed by atoms with Gasteiger partial charge < -0.3 is 0 Å². The van der Waals surface area contributed by atoms with Gasteiger partial charge in [0.1, 0.15) is 0 Å². The molecule has 4 aliphatic rings. The van der Waals surface area contributed by atoms with E-state index >= 15 is 0 Å². The number of rotatable bonds is 8. The predicted molar refractivity (Wildman–Crippen MR) is 152 cm³/mol. The van der Waals surface area contributed by atoms with E-state index in [2.05, 4.69) is 39.2 Å². The van der Waals surface area contributed by atoms with Gasteiger partial charge in [-0.2, -0.15) is 0 Å². The van der Waals surface area contributed by atoms with Crippen LogP contribution < -0.4 is 0 Å². The molecule has 0 amide bonds. The predicted octanol–water partition coefficient (Wildman–Crippen LogP) is 11.2. The maximum atomic E-state index is 3.95. The second-order valence-corrected chi connectivity index (χ2v) is 13.0. The Balaban J connectivity index is 0.000000191. The van der Waals surface area contributed by atoms with Crippen LogP contribution in [0.4, 0.5) is 0 Å². The molecule has 196 valence electrons. The van der Waals surface area contributed by atoms with Crippen molar-refractivity contribution in [3.63, 3.8) is 0 Å². The first-order chi connectivity index (χ1) is 16.7. The van der Waals surface area contributed by atoms with Gasteiger partial charge in [-0.1, -0.05) is 77.4 Å². The van der Waals surface area contributed by atoms with E-state index in [0.29, 0.717) is 0 Å². The first kappa shape index (κ1) is 28.1. The molecule has 4 saturated carbocycles. The third kappa shape index (κ3) is 8.85. The van der Waals surface area contributed by atoms with Gasteiger partial charge in [0.25, 0.3) is 0 Å². The average Bonchev–Trinajstić information content (AvgIpc) is 2.90. The zero-order valence-corrected chi connectivity index (χ0v) is 23.3. The molecule has 0 nitrogen and oxygen atoms in total.